The van der Waals surface area contributed by atoms with E-state index in [1.54, 1.807) is 7.11 Å². The van der Waals surface area contributed by atoms with Gasteiger partial charge in [-0.05, 0) is 17.7 Å². The first kappa shape index (κ1) is 13.7. The van der Waals surface area contributed by atoms with Crippen molar-refractivity contribution in [1.29, 1.82) is 0 Å². The molecule has 0 aromatic heterocycles. The fourth-order valence-corrected chi connectivity index (χ4v) is 1.91. The lowest BCUT2D eigenvalue weighted by atomic mass is 10.1. The Morgan fingerprint density at radius 3 is 2.80 bits per heavy atom. The number of nitrogens with zero attached hydrogens (tertiary/aromatic N) is 1. The van der Waals surface area contributed by atoms with Crippen LogP contribution in [0.15, 0.2) is 53.7 Å². The van der Waals surface area contributed by atoms with Crippen molar-refractivity contribution in [2.75, 3.05) is 12.4 Å². The molecule has 0 saturated heterocycles. The molecule has 0 aliphatic rings. The van der Waals surface area contributed by atoms with Gasteiger partial charge in [-0.2, -0.15) is 0 Å². The molecule has 0 atom stereocenters. The molecule has 4 N–H and O–H groups in total. The Balaban J connectivity index is 2.14. The van der Waals surface area contributed by atoms with E-state index in [2.05, 4.69) is 10.5 Å². The number of hydrogen-bond acceptors (Lipinski definition) is 4. The minimum atomic E-state index is 0.105. The van der Waals surface area contributed by atoms with Gasteiger partial charge in [0.25, 0.3) is 0 Å². The van der Waals surface area contributed by atoms with Gasteiger partial charge in [-0.3, -0.25) is 0 Å². The van der Waals surface area contributed by atoms with E-state index >= 15 is 0 Å². The first-order valence-corrected chi connectivity index (χ1v) is 6.18. The fourth-order valence-electron chi connectivity index (χ4n) is 1.91. The molecular formula is C15H17N3O2. The maximum atomic E-state index is 8.79. The number of nitrogens with two attached hydrogens (primary N) is 1. The summed E-state index contributed by atoms with van der Waals surface area (Å²) in [5.41, 5.74) is 8.27. The van der Waals surface area contributed by atoms with Crippen LogP contribution in [0.2, 0.25) is 0 Å². The van der Waals surface area contributed by atoms with Crippen molar-refractivity contribution in [3.05, 3.63) is 59.7 Å². The fraction of sp³-hybridized carbons (Fsp3) is 0.133. The zero-order chi connectivity index (χ0) is 14.4. The largest absolute Gasteiger partial charge is 0.497 e. The molecule has 2 rings (SSSR count). The highest BCUT2D eigenvalue weighted by Crippen LogP contribution is 2.18. The molecular weight excluding hydrogens is 254 g/mol. The Kier molecular flexibility index (Phi) is 4.44. The van der Waals surface area contributed by atoms with Gasteiger partial charge in [-0.1, -0.05) is 35.5 Å². The highest BCUT2D eigenvalue weighted by molar-refractivity contribution is 5.98. The van der Waals surface area contributed by atoms with E-state index in [0.29, 0.717) is 12.1 Å². The van der Waals surface area contributed by atoms with E-state index in [1.807, 2.05) is 48.5 Å². The molecule has 0 fully saturated rings. The lowest BCUT2D eigenvalue weighted by Crippen LogP contribution is -2.16. The Hall–Kier alpha value is -2.69. The van der Waals surface area contributed by atoms with E-state index in [1.165, 1.54) is 0 Å². The molecule has 5 heteroatoms. The second kappa shape index (κ2) is 6.47. The van der Waals surface area contributed by atoms with Crippen molar-refractivity contribution in [2.24, 2.45) is 10.9 Å². The molecule has 2 aromatic rings. The van der Waals surface area contributed by atoms with E-state index in [0.717, 1.165) is 17.0 Å². The summed E-state index contributed by atoms with van der Waals surface area (Å²) < 4.78 is 5.17. The summed E-state index contributed by atoms with van der Waals surface area (Å²) in [5.74, 6) is 0.896. The predicted octanol–water partition coefficient (Wildman–Crippen LogP) is 2.40. The molecule has 104 valence electrons. The van der Waals surface area contributed by atoms with Crippen LogP contribution < -0.4 is 15.8 Å². The number of methoxy groups -OCH3 is 1. The van der Waals surface area contributed by atoms with Crippen molar-refractivity contribution in [3.63, 3.8) is 0 Å². The summed E-state index contributed by atoms with van der Waals surface area (Å²) in [6, 6.07) is 15.2. The number of ether oxygens (including phenoxy) is 1. The number of rotatable bonds is 5. The van der Waals surface area contributed by atoms with Gasteiger partial charge in [0.05, 0.1) is 7.11 Å². The average Bonchev–Trinajstić information content (AvgIpc) is 2.52. The number of amidine groups is 1. The highest BCUT2D eigenvalue weighted by atomic mass is 16.5. The maximum absolute atomic E-state index is 8.79. The Morgan fingerprint density at radius 1 is 1.25 bits per heavy atom. The molecule has 2 aromatic carbocycles. The third-order valence-electron chi connectivity index (χ3n) is 2.95. The van der Waals surface area contributed by atoms with Crippen LogP contribution in [-0.4, -0.2) is 18.2 Å². The van der Waals surface area contributed by atoms with Gasteiger partial charge >= 0.3 is 0 Å². The number of benzene rings is 2. The molecule has 0 radical (unpaired) electrons. The molecule has 0 bridgehead atoms. The molecule has 0 amide bonds. The lowest BCUT2D eigenvalue weighted by Gasteiger charge is -2.11. The van der Waals surface area contributed by atoms with Crippen molar-refractivity contribution in [3.8, 4) is 5.75 Å². The summed E-state index contributed by atoms with van der Waals surface area (Å²) in [6.07, 6.45) is 0. The minimum Gasteiger partial charge on any atom is -0.497 e. The van der Waals surface area contributed by atoms with Crippen LogP contribution >= 0.6 is 0 Å². The van der Waals surface area contributed by atoms with Gasteiger partial charge in [0, 0.05) is 23.9 Å². The van der Waals surface area contributed by atoms with Crippen LogP contribution in [0.3, 0.4) is 0 Å². The molecule has 0 spiro atoms. The molecule has 0 heterocycles. The first-order valence-electron chi connectivity index (χ1n) is 6.18. The molecule has 20 heavy (non-hydrogen) atoms. The van der Waals surface area contributed by atoms with Crippen molar-refractivity contribution in [1.82, 2.24) is 0 Å². The topological polar surface area (TPSA) is 79.9 Å². The van der Waals surface area contributed by atoms with E-state index in [-0.39, 0.29) is 5.84 Å². The van der Waals surface area contributed by atoms with E-state index in [9.17, 15) is 0 Å². The van der Waals surface area contributed by atoms with Gasteiger partial charge in [0.1, 0.15) is 5.75 Å². The van der Waals surface area contributed by atoms with Crippen LogP contribution in [0, 0.1) is 0 Å². The Bertz CT molecular complexity index is 612. The standard InChI is InChI=1S/C15H17N3O2/c1-20-13-7-4-6-12(9-13)17-10-11-5-2-3-8-14(11)15(16)18-19/h2-9,17,19H,10H2,1H3,(H2,16,18). The van der Waals surface area contributed by atoms with Crippen molar-refractivity contribution in [2.45, 2.75) is 6.54 Å². The van der Waals surface area contributed by atoms with Gasteiger partial charge in [0.15, 0.2) is 5.84 Å². The maximum Gasteiger partial charge on any atom is 0.170 e. The Labute approximate surface area is 117 Å². The zero-order valence-electron chi connectivity index (χ0n) is 11.2. The zero-order valence-corrected chi connectivity index (χ0v) is 11.2. The van der Waals surface area contributed by atoms with E-state index < -0.39 is 0 Å². The highest BCUT2D eigenvalue weighted by Gasteiger charge is 2.06. The summed E-state index contributed by atoms with van der Waals surface area (Å²) in [7, 11) is 1.63. The molecule has 0 saturated carbocycles. The average molecular weight is 271 g/mol. The summed E-state index contributed by atoms with van der Waals surface area (Å²) >= 11 is 0. The number of anilines is 1. The van der Waals surface area contributed by atoms with Crippen molar-refractivity contribution < 1.29 is 9.94 Å². The molecule has 0 aliphatic carbocycles. The summed E-state index contributed by atoms with van der Waals surface area (Å²) in [6.45, 7) is 0.569. The first-order chi connectivity index (χ1) is 9.74. The lowest BCUT2D eigenvalue weighted by molar-refractivity contribution is 0.318. The van der Waals surface area contributed by atoms with Gasteiger partial charge in [-0.25, -0.2) is 0 Å². The number of hydrogen-bond donors (Lipinski definition) is 3. The van der Waals surface area contributed by atoms with Crippen LogP contribution in [-0.2, 0) is 6.54 Å². The normalized spacial score (nSPS) is 11.2. The van der Waals surface area contributed by atoms with Crippen LogP contribution in [0.5, 0.6) is 5.75 Å². The van der Waals surface area contributed by atoms with Gasteiger partial charge < -0.3 is 21.0 Å². The summed E-state index contributed by atoms with van der Waals surface area (Å²) in [4.78, 5) is 0. The van der Waals surface area contributed by atoms with E-state index in [4.69, 9.17) is 15.7 Å². The van der Waals surface area contributed by atoms with Gasteiger partial charge in [-0.15, -0.1) is 0 Å². The number of oxime groups is 1. The van der Waals surface area contributed by atoms with Crippen LogP contribution in [0.1, 0.15) is 11.1 Å². The third-order valence-corrected chi connectivity index (χ3v) is 2.95. The summed E-state index contributed by atoms with van der Waals surface area (Å²) in [5, 5.41) is 15.1. The van der Waals surface area contributed by atoms with Crippen LogP contribution in [0.25, 0.3) is 0 Å². The minimum absolute atomic E-state index is 0.105. The second-order valence-corrected chi connectivity index (χ2v) is 4.23. The SMILES string of the molecule is COc1cccc(NCc2ccccc2C(N)=NO)c1. The monoisotopic (exact) mass is 271 g/mol. The molecule has 0 unspecified atom stereocenters. The number of nitrogens with one attached hydrogen (secondary N) is 1. The molecule has 5 nitrogen and oxygen atoms in total. The third kappa shape index (κ3) is 3.20. The van der Waals surface area contributed by atoms with Crippen molar-refractivity contribution >= 4 is 11.5 Å². The van der Waals surface area contributed by atoms with Gasteiger partial charge in [0.2, 0.25) is 0 Å². The van der Waals surface area contributed by atoms with Crippen LogP contribution in [0.4, 0.5) is 5.69 Å². The quantitative estimate of drug-likeness (QED) is 0.337. The molecule has 0 aliphatic heterocycles. The second-order valence-electron chi connectivity index (χ2n) is 4.23. The smallest absolute Gasteiger partial charge is 0.170 e. The predicted molar refractivity (Wildman–Crippen MR) is 79.3 cm³/mol. The Morgan fingerprint density at radius 2 is 2.05 bits per heavy atom.